The summed E-state index contributed by atoms with van der Waals surface area (Å²) < 4.78 is 0.737. The lowest BCUT2D eigenvalue weighted by molar-refractivity contribution is 0.0694. The smallest absolute Gasteiger partial charge is 0.336 e. The van der Waals surface area contributed by atoms with Crippen molar-refractivity contribution < 1.29 is 15.0 Å². The summed E-state index contributed by atoms with van der Waals surface area (Å²) in [5, 5.41) is 17.7. The normalized spacial score (nSPS) is 12.5. The van der Waals surface area contributed by atoms with E-state index in [1.54, 1.807) is 12.1 Å². The molecule has 14 heavy (non-hydrogen) atoms. The van der Waals surface area contributed by atoms with Gasteiger partial charge in [-0.2, -0.15) is 0 Å². The van der Waals surface area contributed by atoms with E-state index >= 15 is 0 Å². The molecule has 4 nitrogen and oxygen atoms in total. The van der Waals surface area contributed by atoms with E-state index in [1.807, 2.05) is 0 Å². The molecule has 1 rings (SSSR count). The van der Waals surface area contributed by atoms with Crippen LogP contribution in [-0.2, 0) is 0 Å². The largest absolute Gasteiger partial charge is 0.478 e. The maximum atomic E-state index is 10.8. The molecule has 0 spiro atoms. The number of hydrogen-bond acceptors (Lipinski definition) is 3. The van der Waals surface area contributed by atoms with E-state index in [4.69, 9.17) is 15.9 Å². The SMILES string of the molecule is N[C@H](CO)c1cc(Br)ccc1C(=O)O. The Morgan fingerprint density at radius 3 is 2.71 bits per heavy atom. The Kier molecular flexibility index (Phi) is 3.62. The lowest BCUT2D eigenvalue weighted by Gasteiger charge is -2.12. The lowest BCUT2D eigenvalue weighted by atomic mass is 10.0. The van der Waals surface area contributed by atoms with Gasteiger partial charge in [0, 0.05) is 4.47 Å². The molecule has 0 aromatic heterocycles. The number of hydrogen-bond donors (Lipinski definition) is 3. The molecule has 0 bridgehead atoms. The third kappa shape index (κ3) is 2.31. The first kappa shape index (κ1) is 11.2. The van der Waals surface area contributed by atoms with E-state index in [1.165, 1.54) is 6.07 Å². The number of carboxylic acids is 1. The summed E-state index contributed by atoms with van der Waals surface area (Å²) in [5.74, 6) is -1.04. The van der Waals surface area contributed by atoms with Gasteiger partial charge in [-0.15, -0.1) is 0 Å². The molecular formula is C9H10BrNO3. The van der Waals surface area contributed by atoms with Crippen molar-refractivity contribution in [2.24, 2.45) is 5.73 Å². The maximum Gasteiger partial charge on any atom is 0.336 e. The van der Waals surface area contributed by atoms with Crippen molar-refractivity contribution in [3.63, 3.8) is 0 Å². The molecule has 0 saturated carbocycles. The van der Waals surface area contributed by atoms with Crippen molar-refractivity contribution in [2.75, 3.05) is 6.61 Å². The van der Waals surface area contributed by atoms with Crippen LogP contribution in [-0.4, -0.2) is 22.8 Å². The average molecular weight is 260 g/mol. The number of aromatic carboxylic acids is 1. The second-order valence-corrected chi connectivity index (χ2v) is 3.74. The van der Waals surface area contributed by atoms with Gasteiger partial charge in [-0.05, 0) is 23.8 Å². The van der Waals surface area contributed by atoms with Crippen molar-refractivity contribution in [2.45, 2.75) is 6.04 Å². The molecule has 0 amide bonds. The number of rotatable bonds is 3. The summed E-state index contributed by atoms with van der Waals surface area (Å²) in [4.78, 5) is 10.8. The van der Waals surface area contributed by atoms with Crippen LogP contribution < -0.4 is 5.73 Å². The number of halogens is 1. The van der Waals surface area contributed by atoms with E-state index in [2.05, 4.69) is 15.9 Å². The highest BCUT2D eigenvalue weighted by Gasteiger charge is 2.15. The summed E-state index contributed by atoms with van der Waals surface area (Å²) in [6.45, 7) is -0.281. The van der Waals surface area contributed by atoms with Gasteiger partial charge in [-0.1, -0.05) is 15.9 Å². The highest BCUT2D eigenvalue weighted by molar-refractivity contribution is 9.10. The van der Waals surface area contributed by atoms with Crippen LogP contribution in [0.15, 0.2) is 22.7 Å². The molecule has 1 aromatic carbocycles. The van der Waals surface area contributed by atoms with Gasteiger partial charge in [0.2, 0.25) is 0 Å². The molecular weight excluding hydrogens is 250 g/mol. The van der Waals surface area contributed by atoms with Gasteiger partial charge in [-0.25, -0.2) is 4.79 Å². The Balaban J connectivity index is 3.22. The van der Waals surface area contributed by atoms with Crippen molar-refractivity contribution in [1.29, 1.82) is 0 Å². The van der Waals surface area contributed by atoms with E-state index in [0.29, 0.717) is 5.56 Å². The Hall–Kier alpha value is -0.910. The van der Waals surface area contributed by atoms with E-state index < -0.39 is 12.0 Å². The van der Waals surface area contributed by atoms with Gasteiger partial charge in [-0.3, -0.25) is 0 Å². The first-order valence-corrected chi connectivity index (χ1v) is 4.74. The van der Waals surface area contributed by atoms with Crippen LogP contribution in [0.3, 0.4) is 0 Å². The van der Waals surface area contributed by atoms with Crippen LogP contribution in [0.1, 0.15) is 22.0 Å². The third-order valence-electron chi connectivity index (χ3n) is 1.84. The molecule has 0 radical (unpaired) electrons. The summed E-state index contributed by atoms with van der Waals surface area (Å²) in [5.41, 5.74) is 6.11. The highest BCUT2D eigenvalue weighted by atomic mass is 79.9. The van der Waals surface area contributed by atoms with Crippen LogP contribution in [0.25, 0.3) is 0 Å². The van der Waals surface area contributed by atoms with Crippen LogP contribution >= 0.6 is 15.9 Å². The molecule has 0 unspecified atom stereocenters. The summed E-state index contributed by atoms with van der Waals surface area (Å²) in [7, 11) is 0. The number of aliphatic hydroxyl groups is 1. The molecule has 0 fully saturated rings. The summed E-state index contributed by atoms with van der Waals surface area (Å²) >= 11 is 3.21. The molecule has 4 N–H and O–H groups in total. The second kappa shape index (κ2) is 4.54. The van der Waals surface area contributed by atoms with Crippen LogP contribution in [0, 0.1) is 0 Å². The second-order valence-electron chi connectivity index (χ2n) is 2.83. The zero-order valence-electron chi connectivity index (χ0n) is 7.27. The number of aliphatic hydroxyl groups excluding tert-OH is 1. The van der Waals surface area contributed by atoms with E-state index in [9.17, 15) is 4.79 Å². The van der Waals surface area contributed by atoms with Gasteiger partial charge in [0.25, 0.3) is 0 Å². The van der Waals surface area contributed by atoms with Crippen molar-refractivity contribution in [3.05, 3.63) is 33.8 Å². The predicted molar refractivity (Wildman–Crippen MR) is 55.1 cm³/mol. The molecule has 0 heterocycles. The van der Waals surface area contributed by atoms with E-state index in [0.717, 1.165) is 4.47 Å². The van der Waals surface area contributed by atoms with Crippen LogP contribution in [0.5, 0.6) is 0 Å². The fourth-order valence-electron chi connectivity index (χ4n) is 1.13. The van der Waals surface area contributed by atoms with Crippen molar-refractivity contribution in [3.8, 4) is 0 Å². The molecule has 0 aliphatic carbocycles. The Morgan fingerprint density at radius 1 is 1.57 bits per heavy atom. The fraction of sp³-hybridized carbons (Fsp3) is 0.222. The minimum atomic E-state index is -1.04. The van der Waals surface area contributed by atoms with E-state index in [-0.39, 0.29) is 12.2 Å². The Bertz CT molecular complexity index is 354. The molecule has 0 aliphatic rings. The number of carbonyl (C=O) groups is 1. The quantitative estimate of drug-likeness (QED) is 0.760. The highest BCUT2D eigenvalue weighted by Crippen LogP contribution is 2.21. The molecule has 0 aliphatic heterocycles. The zero-order chi connectivity index (χ0) is 10.7. The first-order chi connectivity index (χ1) is 6.56. The minimum absolute atomic E-state index is 0.120. The van der Waals surface area contributed by atoms with Crippen molar-refractivity contribution >= 4 is 21.9 Å². The molecule has 1 atom stereocenters. The monoisotopic (exact) mass is 259 g/mol. The fourth-order valence-corrected chi connectivity index (χ4v) is 1.51. The molecule has 0 saturated heterocycles. The third-order valence-corrected chi connectivity index (χ3v) is 2.33. The predicted octanol–water partition coefficient (Wildman–Crippen LogP) is 1.14. The maximum absolute atomic E-state index is 10.8. The molecule has 1 aromatic rings. The van der Waals surface area contributed by atoms with Gasteiger partial charge in [0.05, 0.1) is 18.2 Å². The number of benzene rings is 1. The van der Waals surface area contributed by atoms with Crippen LogP contribution in [0.2, 0.25) is 0 Å². The zero-order valence-corrected chi connectivity index (χ0v) is 8.86. The molecule has 76 valence electrons. The van der Waals surface area contributed by atoms with Gasteiger partial charge < -0.3 is 15.9 Å². The topological polar surface area (TPSA) is 83.5 Å². The Morgan fingerprint density at radius 2 is 2.21 bits per heavy atom. The minimum Gasteiger partial charge on any atom is -0.478 e. The van der Waals surface area contributed by atoms with Crippen LogP contribution in [0.4, 0.5) is 0 Å². The average Bonchev–Trinajstić information content (AvgIpc) is 2.16. The lowest BCUT2D eigenvalue weighted by Crippen LogP contribution is -2.18. The van der Waals surface area contributed by atoms with Gasteiger partial charge in [0.1, 0.15) is 0 Å². The van der Waals surface area contributed by atoms with Crippen molar-refractivity contribution in [1.82, 2.24) is 0 Å². The summed E-state index contributed by atoms with van der Waals surface area (Å²) in [6, 6.07) is 4.01. The van der Waals surface area contributed by atoms with Gasteiger partial charge in [0.15, 0.2) is 0 Å². The number of carboxylic acid groups (broad SMARTS) is 1. The van der Waals surface area contributed by atoms with Gasteiger partial charge >= 0.3 is 5.97 Å². The first-order valence-electron chi connectivity index (χ1n) is 3.95. The Labute approximate surface area is 89.5 Å². The number of nitrogens with two attached hydrogens (primary N) is 1. The molecule has 5 heteroatoms. The summed E-state index contributed by atoms with van der Waals surface area (Å²) in [6.07, 6.45) is 0. The standard InChI is InChI=1S/C9H10BrNO3/c10-5-1-2-6(9(13)14)7(3-5)8(11)4-12/h1-3,8,12H,4,11H2,(H,13,14)/t8-/m1/s1.